The Bertz CT molecular complexity index is 682. The molecule has 2 heterocycles. The highest BCUT2D eigenvalue weighted by Crippen LogP contribution is 2.25. The van der Waals surface area contributed by atoms with Crippen molar-refractivity contribution in [3.8, 4) is 0 Å². The van der Waals surface area contributed by atoms with Crippen LogP contribution < -0.4 is 10.2 Å². The van der Waals surface area contributed by atoms with Crippen molar-refractivity contribution in [3.63, 3.8) is 0 Å². The first kappa shape index (κ1) is 18.6. The monoisotopic (exact) mass is 362 g/mol. The van der Waals surface area contributed by atoms with Gasteiger partial charge >= 0.3 is 6.03 Å². The van der Waals surface area contributed by atoms with Crippen LogP contribution in [0.4, 0.5) is 14.9 Å². The lowest BCUT2D eigenvalue weighted by Crippen LogP contribution is -2.52. The largest absolute Gasteiger partial charge is 0.374 e. The van der Waals surface area contributed by atoms with E-state index in [2.05, 4.69) is 22.0 Å². The topological polar surface area (TPSA) is 55.9 Å². The molecule has 1 aromatic carbocycles. The molecule has 1 N–H and O–H groups in total. The molecule has 6 nitrogen and oxygen atoms in total. The zero-order chi connectivity index (χ0) is 18.7. The Kier molecular flexibility index (Phi) is 5.76. The van der Waals surface area contributed by atoms with E-state index in [4.69, 9.17) is 0 Å². The molecule has 0 bridgehead atoms. The summed E-state index contributed by atoms with van der Waals surface area (Å²) in [7, 11) is 2.04. The van der Waals surface area contributed by atoms with Crippen LogP contribution in [0.3, 0.4) is 0 Å². The minimum Gasteiger partial charge on any atom is -0.374 e. The predicted molar refractivity (Wildman–Crippen MR) is 98.5 cm³/mol. The Balaban J connectivity index is 1.70. The molecule has 2 fully saturated rings. The maximum Gasteiger partial charge on any atom is 0.324 e. The molecular weight excluding hydrogens is 335 g/mol. The van der Waals surface area contributed by atoms with Crippen LogP contribution in [0.25, 0.3) is 0 Å². The van der Waals surface area contributed by atoms with Crippen LogP contribution in [0.1, 0.15) is 31.7 Å². The highest BCUT2D eigenvalue weighted by molar-refractivity contribution is 6.04. The van der Waals surface area contributed by atoms with Gasteiger partial charge in [-0.25, -0.2) is 9.18 Å². The fourth-order valence-electron chi connectivity index (χ4n) is 3.72. The highest BCUT2D eigenvalue weighted by Gasteiger charge is 2.41. The summed E-state index contributed by atoms with van der Waals surface area (Å²) in [5.41, 5.74) is 1.94. The van der Waals surface area contributed by atoms with Crippen LogP contribution in [0.2, 0.25) is 0 Å². The number of urea groups is 1. The number of amides is 3. The first-order valence-electron chi connectivity index (χ1n) is 9.33. The molecule has 0 radical (unpaired) electrons. The lowest BCUT2D eigenvalue weighted by Gasteiger charge is -2.36. The second-order valence-electron chi connectivity index (χ2n) is 7.14. The van der Waals surface area contributed by atoms with Gasteiger partial charge in [-0.15, -0.1) is 0 Å². The second kappa shape index (κ2) is 8.03. The lowest BCUT2D eigenvalue weighted by atomic mass is 10.1. The summed E-state index contributed by atoms with van der Waals surface area (Å²) >= 11 is 0. The Labute approximate surface area is 153 Å². The molecule has 2 aliphatic heterocycles. The molecule has 0 aliphatic carbocycles. The number of piperazine rings is 1. The summed E-state index contributed by atoms with van der Waals surface area (Å²) < 4.78 is 13.8. The molecule has 7 heteroatoms. The number of unbranched alkanes of at least 4 members (excludes halogenated alkanes) is 2. The molecule has 2 aliphatic rings. The van der Waals surface area contributed by atoms with Crippen LogP contribution >= 0.6 is 0 Å². The molecule has 142 valence electrons. The van der Waals surface area contributed by atoms with E-state index in [0.29, 0.717) is 26.2 Å². The number of fused-ring (bicyclic) bond motifs is 1. The Morgan fingerprint density at radius 2 is 2.08 bits per heavy atom. The van der Waals surface area contributed by atoms with E-state index in [1.54, 1.807) is 11.0 Å². The first-order valence-corrected chi connectivity index (χ1v) is 9.33. The number of benzene rings is 1. The number of hydrogen-bond donors (Lipinski definition) is 1. The van der Waals surface area contributed by atoms with Crippen LogP contribution in [0, 0.1) is 5.82 Å². The number of nitrogens with one attached hydrogen (secondary N) is 1. The van der Waals surface area contributed by atoms with E-state index >= 15 is 0 Å². The van der Waals surface area contributed by atoms with E-state index in [-0.39, 0.29) is 17.8 Å². The number of hydrogen-bond acceptors (Lipinski definition) is 4. The summed E-state index contributed by atoms with van der Waals surface area (Å²) in [6, 6.07) is 4.17. The summed E-state index contributed by atoms with van der Waals surface area (Å²) in [6.45, 7) is 5.34. The minimum absolute atomic E-state index is 0.240. The minimum atomic E-state index is -0.435. The first-order chi connectivity index (χ1) is 12.5. The van der Waals surface area contributed by atoms with Crippen molar-refractivity contribution in [1.82, 2.24) is 15.1 Å². The molecule has 3 rings (SSSR count). The lowest BCUT2D eigenvalue weighted by molar-refractivity contribution is -0.122. The third kappa shape index (κ3) is 3.98. The van der Waals surface area contributed by atoms with Gasteiger partial charge in [0.25, 0.3) is 5.91 Å². The van der Waals surface area contributed by atoms with Crippen LogP contribution in [-0.4, -0.2) is 61.0 Å². The fraction of sp³-hybridized carbons (Fsp3) is 0.579. The van der Waals surface area contributed by atoms with Gasteiger partial charge < -0.3 is 9.80 Å². The van der Waals surface area contributed by atoms with Gasteiger partial charge in [0, 0.05) is 45.5 Å². The predicted octanol–water partition coefficient (Wildman–Crippen LogP) is 2.19. The van der Waals surface area contributed by atoms with Crippen molar-refractivity contribution < 1.29 is 14.0 Å². The van der Waals surface area contributed by atoms with Crippen LogP contribution in [0.5, 0.6) is 0 Å². The van der Waals surface area contributed by atoms with Gasteiger partial charge in [0.15, 0.2) is 0 Å². The summed E-state index contributed by atoms with van der Waals surface area (Å²) in [5, 5.41) is 2.36. The SMILES string of the molecule is CCCCCN(C)c1ccc(F)cc1CN1CCN2C(=O)NC(=O)[C@H]2C1. The summed E-state index contributed by atoms with van der Waals surface area (Å²) in [5.74, 6) is -0.492. The average molecular weight is 362 g/mol. The average Bonchev–Trinajstić information content (AvgIpc) is 2.89. The quantitative estimate of drug-likeness (QED) is 0.597. The van der Waals surface area contributed by atoms with E-state index in [1.807, 2.05) is 13.1 Å². The summed E-state index contributed by atoms with van der Waals surface area (Å²) in [6.07, 6.45) is 3.44. The normalized spacial score (nSPS) is 20.3. The molecule has 26 heavy (non-hydrogen) atoms. The Morgan fingerprint density at radius 3 is 2.85 bits per heavy atom. The van der Waals surface area contributed by atoms with Gasteiger partial charge in [-0.05, 0) is 30.2 Å². The second-order valence-corrected chi connectivity index (χ2v) is 7.14. The van der Waals surface area contributed by atoms with Crippen molar-refractivity contribution in [2.45, 2.75) is 38.8 Å². The van der Waals surface area contributed by atoms with Crippen molar-refractivity contribution in [2.75, 3.05) is 38.1 Å². The smallest absolute Gasteiger partial charge is 0.324 e. The third-order valence-corrected chi connectivity index (χ3v) is 5.20. The van der Waals surface area contributed by atoms with Gasteiger partial charge in [0.2, 0.25) is 0 Å². The zero-order valence-corrected chi connectivity index (χ0v) is 15.5. The number of halogens is 1. The number of nitrogens with zero attached hydrogens (tertiary/aromatic N) is 3. The number of rotatable bonds is 7. The molecule has 3 amide bonds. The molecule has 0 spiro atoms. The number of anilines is 1. The zero-order valence-electron chi connectivity index (χ0n) is 15.5. The molecule has 1 aromatic rings. The van der Waals surface area contributed by atoms with Crippen molar-refractivity contribution >= 4 is 17.6 Å². The van der Waals surface area contributed by atoms with Crippen molar-refractivity contribution in [3.05, 3.63) is 29.6 Å². The van der Waals surface area contributed by atoms with Gasteiger partial charge in [-0.1, -0.05) is 19.8 Å². The van der Waals surface area contributed by atoms with Gasteiger partial charge in [-0.3, -0.25) is 15.0 Å². The fourth-order valence-corrected chi connectivity index (χ4v) is 3.72. The Hall–Kier alpha value is -2.15. The molecule has 0 saturated carbocycles. The highest BCUT2D eigenvalue weighted by atomic mass is 19.1. The van der Waals surface area contributed by atoms with E-state index < -0.39 is 6.04 Å². The van der Waals surface area contributed by atoms with E-state index in [9.17, 15) is 14.0 Å². The third-order valence-electron chi connectivity index (χ3n) is 5.20. The molecule has 2 saturated heterocycles. The van der Waals surface area contributed by atoms with Crippen molar-refractivity contribution in [2.24, 2.45) is 0 Å². The number of carbonyl (C=O) groups excluding carboxylic acids is 2. The maximum atomic E-state index is 13.8. The molecular formula is C19H27FN4O2. The summed E-state index contributed by atoms with van der Waals surface area (Å²) in [4.78, 5) is 29.5. The van der Waals surface area contributed by atoms with Crippen LogP contribution in [-0.2, 0) is 11.3 Å². The maximum absolute atomic E-state index is 13.8. The van der Waals surface area contributed by atoms with Gasteiger partial charge in [-0.2, -0.15) is 0 Å². The van der Waals surface area contributed by atoms with Crippen molar-refractivity contribution in [1.29, 1.82) is 0 Å². The molecule has 0 unspecified atom stereocenters. The standard InChI is InChI=1S/C19H27FN4O2/c1-3-4-5-8-22(2)16-7-6-15(20)11-14(16)12-23-9-10-24-17(13-23)18(25)21-19(24)26/h6-7,11,17H,3-5,8-10,12-13H2,1-2H3,(H,21,25,26)/t17-/m1/s1. The number of imide groups is 1. The molecule has 1 atom stereocenters. The van der Waals surface area contributed by atoms with Crippen LogP contribution in [0.15, 0.2) is 18.2 Å². The van der Waals surface area contributed by atoms with Gasteiger partial charge in [0.1, 0.15) is 11.9 Å². The van der Waals surface area contributed by atoms with Gasteiger partial charge in [0.05, 0.1) is 0 Å². The van der Waals surface area contributed by atoms with E-state index in [1.165, 1.54) is 12.5 Å². The Morgan fingerprint density at radius 1 is 1.27 bits per heavy atom. The number of carbonyl (C=O) groups is 2. The molecule has 0 aromatic heterocycles. The van der Waals surface area contributed by atoms with E-state index in [0.717, 1.165) is 30.6 Å².